The van der Waals surface area contributed by atoms with Gasteiger partial charge in [-0.1, -0.05) is 64.6 Å². The Morgan fingerprint density at radius 1 is 0.806 bits per heavy atom. The van der Waals surface area contributed by atoms with E-state index in [1.54, 1.807) is 30.5 Å². The monoisotopic (exact) mass is 527 g/mol. The summed E-state index contributed by atoms with van der Waals surface area (Å²) >= 11 is 0. The normalized spacial score (nSPS) is 12.1. The zero-order valence-corrected chi connectivity index (χ0v) is 22.9. The van der Waals surface area contributed by atoms with Crippen LogP contribution in [0.5, 0.6) is 11.5 Å². The minimum absolute atomic E-state index is 0.269. The van der Waals surface area contributed by atoms with Crippen LogP contribution in [-0.2, 0) is 0 Å². The molecule has 1 aromatic heterocycles. The van der Waals surface area contributed by atoms with E-state index in [9.17, 15) is 17.6 Å². The summed E-state index contributed by atoms with van der Waals surface area (Å²) in [5, 5.41) is 0. The Morgan fingerprint density at radius 2 is 1.44 bits per heavy atom. The number of halogens is 4. The minimum atomic E-state index is -4.07. The van der Waals surface area contributed by atoms with Crippen LogP contribution >= 0.6 is 0 Å². The van der Waals surface area contributed by atoms with E-state index >= 15 is 0 Å². The third kappa shape index (κ3) is 12.2. The van der Waals surface area contributed by atoms with Crippen LogP contribution in [0.3, 0.4) is 0 Å². The first-order chi connectivity index (χ1) is 17.1. The van der Waals surface area contributed by atoms with E-state index in [4.69, 9.17) is 9.47 Å². The first-order valence-corrected chi connectivity index (χ1v) is 16.6. The van der Waals surface area contributed by atoms with E-state index in [1.807, 2.05) is 13.1 Å². The maximum atomic E-state index is 14.6. The van der Waals surface area contributed by atoms with Crippen molar-refractivity contribution in [3.05, 3.63) is 42.3 Å². The second kappa shape index (κ2) is 15.2. The fraction of sp³-hybridized carbons (Fsp3) is 0.607. The molecule has 3 nitrogen and oxygen atoms in total. The van der Waals surface area contributed by atoms with Gasteiger partial charge < -0.3 is 9.47 Å². The van der Waals surface area contributed by atoms with Crippen LogP contribution in [0.25, 0.3) is 11.3 Å². The first-order valence-electron chi connectivity index (χ1n) is 13.2. The molecular formula is C28H41F4NO2Si. The van der Waals surface area contributed by atoms with Crippen LogP contribution in [0.2, 0.25) is 25.2 Å². The molecule has 36 heavy (non-hydrogen) atoms. The molecule has 0 bridgehead atoms. The van der Waals surface area contributed by atoms with Gasteiger partial charge in [0.2, 0.25) is 0 Å². The van der Waals surface area contributed by atoms with Crippen molar-refractivity contribution in [2.24, 2.45) is 0 Å². The topological polar surface area (TPSA) is 31.4 Å². The zero-order valence-electron chi connectivity index (χ0n) is 21.9. The van der Waals surface area contributed by atoms with Crippen molar-refractivity contribution in [3.8, 4) is 22.8 Å². The number of aromatic nitrogens is 1. The van der Waals surface area contributed by atoms with Crippen molar-refractivity contribution < 1.29 is 27.0 Å². The van der Waals surface area contributed by atoms with Gasteiger partial charge in [0.1, 0.15) is 17.3 Å². The molecule has 0 saturated carbocycles. The standard InChI is InChI=1S/C28H41F4NO2Si/c1-4-5-6-7-8-9-17-34-23-12-14-25(26(29)21-23)27-15-13-24(22-33-27)35-18-10-11-19-36(2,3)20-16-28(30,31)32/h12-15,21-22H,4-11,16-20H2,1-3H3. The molecule has 0 aliphatic heterocycles. The molecule has 0 aliphatic rings. The molecule has 202 valence electrons. The summed E-state index contributed by atoms with van der Waals surface area (Å²) in [5.74, 6) is 0.731. The Balaban J connectivity index is 1.72. The van der Waals surface area contributed by atoms with Crippen molar-refractivity contribution >= 4 is 8.07 Å². The van der Waals surface area contributed by atoms with E-state index in [2.05, 4.69) is 11.9 Å². The Hall–Kier alpha value is -2.09. The van der Waals surface area contributed by atoms with Gasteiger partial charge in [0.15, 0.2) is 0 Å². The number of benzene rings is 1. The quantitative estimate of drug-likeness (QED) is 0.117. The highest BCUT2D eigenvalue weighted by atomic mass is 28.3. The highest BCUT2D eigenvalue weighted by Crippen LogP contribution is 2.29. The highest BCUT2D eigenvalue weighted by Gasteiger charge is 2.31. The van der Waals surface area contributed by atoms with Crippen LogP contribution in [0.1, 0.15) is 64.7 Å². The van der Waals surface area contributed by atoms with E-state index < -0.39 is 20.7 Å². The summed E-state index contributed by atoms with van der Waals surface area (Å²) in [4.78, 5) is 4.33. The largest absolute Gasteiger partial charge is 0.493 e. The molecule has 0 N–H and O–H groups in total. The summed E-state index contributed by atoms with van der Waals surface area (Å²) in [6.07, 6.45) is 5.49. The molecule has 0 unspecified atom stereocenters. The minimum Gasteiger partial charge on any atom is -0.493 e. The Morgan fingerprint density at radius 3 is 2.08 bits per heavy atom. The third-order valence-electron chi connectivity index (χ3n) is 6.32. The van der Waals surface area contributed by atoms with E-state index in [0.29, 0.717) is 36.0 Å². The average molecular weight is 528 g/mol. The molecule has 2 aromatic rings. The molecule has 0 atom stereocenters. The second-order valence-corrected chi connectivity index (χ2v) is 15.6. The third-order valence-corrected chi connectivity index (χ3v) is 9.63. The van der Waals surface area contributed by atoms with Crippen LogP contribution in [0, 0.1) is 5.82 Å². The van der Waals surface area contributed by atoms with E-state index in [1.165, 1.54) is 31.7 Å². The van der Waals surface area contributed by atoms with Crippen molar-refractivity contribution in [1.29, 1.82) is 0 Å². The van der Waals surface area contributed by atoms with Crippen molar-refractivity contribution in [2.75, 3.05) is 13.2 Å². The van der Waals surface area contributed by atoms with Crippen LogP contribution in [0.4, 0.5) is 17.6 Å². The maximum Gasteiger partial charge on any atom is 0.388 e. The number of ether oxygens (including phenoxy) is 2. The average Bonchev–Trinajstić information content (AvgIpc) is 2.82. The van der Waals surface area contributed by atoms with Crippen LogP contribution in [0.15, 0.2) is 36.5 Å². The molecule has 0 amide bonds. The first kappa shape index (κ1) is 30.1. The smallest absolute Gasteiger partial charge is 0.388 e. The van der Waals surface area contributed by atoms with Gasteiger partial charge in [0.05, 0.1) is 25.1 Å². The van der Waals surface area contributed by atoms with E-state index in [-0.39, 0.29) is 11.9 Å². The zero-order chi connectivity index (χ0) is 26.4. The lowest BCUT2D eigenvalue weighted by Gasteiger charge is -2.23. The number of hydrogen-bond acceptors (Lipinski definition) is 3. The van der Waals surface area contributed by atoms with Crippen molar-refractivity contribution in [3.63, 3.8) is 0 Å². The lowest BCUT2D eigenvalue weighted by atomic mass is 10.1. The van der Waals surface area contributed by atoms with Crippen molar-refractivity contribution in [1.82, 2.24) is 4.98 Å². The Kier molecular flexibility index (Phi) is 12.7. The molecule has 0 fully saturated rings. The van der Waals surface area contributed by atoms with Gasteiger partial charge in [-0.05, 0) is 43.2 Å². The second-order valence-electron chi connectivity index (χ2n) is 10.2. The number of unbranched alkanes of at least 4 members (excludes halogenated alkanes) is 6. The van der Waals surface area contributed by atoms with Crippen LogP contribution in [-0.4, -0.2) is 32.4 Å². The van der Waals surface area contributed by atoms with Gasteiger partial charge in [-0.15, -0.1) is 0 Å². The van der Waals surface area contributed by atoms with Crippen molar-refractivity contribution in [2.45, 2.75) is 96.1 Å². The van der Waals surface area contributed by atoms with Gasteiger partial charge in [-0.2, -0.15) is 13.2 Å². The number of alkyl halides is 3. The Bertz CT molecular complexity index is 888. The fourth-order valence-corrected chi connectivity index (χ4v) is 6.41. The molecule has 1 heterocycles. The van der Waals surface area contributed by atoms with E-state index in [0.717, 1.165) is 31.7 Å². The predicted molar refractivity (Wildman–Crippen MR) is 141 cm³/mol. The lowest BCUT2D eigenvalue weighted by molar-refractivity contribution is -0.130. The summed E-state index contributed by atoms with van der Waals surface area (Å²) in [7, 11) is -1.85. The van der Waals surface area contributed by atoms with Gasteiger partial charge in [-0.3, -0.25) is 4.98 Å². The molecule has 1 aromatic carbocycles. The summed E-state index contributed by atoms with van der Waals surface area (Å²) in [6, 6.07) is 9.44. The predicted octanol–water partition coefficient (Wildman–Crippen LogP) is 9.45. The van der Waals surface area contributed by atoms with Gasteiger partial charge in [-0.25, -0.2) is 4.39 Å². The molecule has 8 heteroatoms. The lowest BCUT2D eigenvalue weighted by Crippen LogP contribution is -2.27. The number of nitrogens with zero attached hydrogens (tertiary/aromatic N) is 1. The molecular weight excluding hydrogens is 486 g/mol. The highest BCUT2D eigenvalue weighted by molar-refractivity contribution is 6.77. The Labute approximate surface area is 214 Å². The van der Waals surface area contributed by atoms with Crippen LogP contribution < -0.4 is 9.47 Å². The van der Waals surface area contributed by atoms with Gasteiger partial charge in [0, 0.05) is 26.1 Å². The molecule has 0 spiro atoms. The molecule has 0 saturated heterocycles. The maximum absolute atomic E-state index is 14.6. The summed E-state index contributed by atoms with van der Waals surface area (Å²) in [5.41, 5.74) is 0.916. The van der Waals surface area contributed by atoms with Gasteiger partial charge in [0.25, 0.3) is 0 Å². The number of hydrogen-bond donors (Lipinski definition) is 0. The molecule has 2 rings (SSSR count). The SMILES string of the molecule is CCCCCCCCOc1ccc(-c2ccc(OCCCC[Si](C)(C)CCC(F)(F)F)cn2)c(F)c1. The summed E-state index contributed by atoms with van der Waals surface area (Å²) < 4.78 is 63.4. The summed E-state index contributed by atoms with van der Waals surface area (Å²) in [6.45, 7) is 7.28. The number of pyridine rings is 1. The molecule has 0 radical (unpaired) electrons. The van der Waals surface area contributed by atoms with Gasteiger partial charge >= 0.3 is 6.18 Å². The molecule has 0 aliphatic carbocycles. The number of rotatable bonds is 17. The fourth-order valence-electron chi connectivity index (χ4n) is 3.99.